The summed E-state index contributed by atoms with van der Waals surface area (Å²) in [6, 6.07) is 12.9. The fourth-order valence-corrected chi connectivity index (χ4v) is 2.05. The summed E-state index contributed by atoms with van der Waals surface area (Å²) in [5.74, 6) is 0.535. The Bertz CT molecular complexity index is 445. The molecule has 16 heavy (non-hydrogen) atoms. The molecule has 0 spiro atoms. The van der Waals surface area contributed by atoms with Crippen molar-refractivity contribution in [3.63, 3.8) is 0 Å². The van der Waals surface area contributed by atoms with Crippen molar-refractivity contribution in [2.75, 3.05) is 6.61 Å². The third kappa shape index (κ3) is 2.10. The van der Waals surface area contributed by atoms with Gasteiger partial charge >= 0.3 is 0 Å². The van der Waals surface area contributed by atoms with Gasteiger partial charge in [-0.1, -0.05) is 50.2 Å². The van der Waals surface area contributed by atoms with Gasteiger partial charge in [-0.25, -0.2) is 0 Å². The van der Waals surface area contributed by atoms with E-state index >= 15 is 0 Å². The van der Waals surface area contributed by atoms with E-state index in [9.17, 15) is 0 Å². The molecule has 0 saturated heterocycles. The quantitative estimate of drug-likeness (QED) is 0.829. The molecule has 2 aliphatic rings. The highest BCUT2D eigenvalue weighted by Crippen LogP contribution is 2.30. The molecule has 0 aromatic rings. The summed E-state index contributed by atoms with van der Waals surface area (Å²) in [6.07, 6.45) is 0.741. The van der Waals surface area contributed by atoms with Gasteiger partial charge in [-0.3, -0.25) is 0 Å². The van der Waals surface area contributed by atoms with Gasteiger partial charge in [0.2, 0.25) is 0 Å². The molecule has 1 heteroatoms. The first-order valence-corrected chi connectivity index (χ1v) is 5.85. The monoisotopic (exact) mass is 214 g/mol. The van der Waals surface area contributed by atoms with Crippen LogP contribution < -0.4 is 0 Å². The number of aliphatic hydroxyl groups is 1. The van der Waals surface area contributed by atoms with Crippen molar-refractivity contribution in [3.8, 4) is 11.1 Å². The molecule has 1 N–H and O–H groups in total. The van der Waals surface area contributed by atoms with Gasteiger partial charge in [0.1, 0.15) is 0 Å². The number of aliphatic hydroxyl groups excluding tert-OH is 1. The molecule has 1 nitrogen and oxygen atoms in total. The topological polar surface area (TPSA) is 20.2 Å². The molecule has 2 aliphatic carbocycles. The first-order valence-electron chi connectivity index (χ1n) is 5.85. The minimum atomic E-state index is 0.217. The number of fused-ring (bicyclic) bond motifs is 1. The third-order valence-corrected chi connectivity index (χ3v) is 3.04. The molecule has 84 valence electrons. The summed E-state index contributed by atoms with van der Waals surface area (Å²) in [5.41, 5.74) is 5.13. The lowest BCUT2D eigenvalue weighted by molar-refractivity contribution is 0.300. The molecule has 0 aliphatic heterocycles. The maximum absolute atomic E-state index is 9.04. The number of hydrogen-bond acceptors (Lipinski definition) is 1. The molecular weight excluding hydrogens is 196 g/mol. The highest BCUT2D eigenvalue weighted by Gasteiger charge is 2.09. The lowest BCUT2D eigenvalue weighted by atomic mass is 10.0. The van der Waals surface area contributed by atoms with E-state index in [1.807, 2.05) is 0 Å². The molecule has 0 radical (unpaired) electrons. The molecule has 2 rings (SSSR count). The second kappa shape index (κ2) is 4.67. The average molecular weight is 214 g/mol. The van der Waals surface area contributed by atoms with Crippen molar-refractivity contribution in [3.05, 3.63) is 47.5 Å². The predicted molar refractivity (Wildman–Crippen MR) is 67.9 cm³/mol. The van der Waals surface area contributed by atoms with E-state index in [4.69, 9.17) is 5.11 Å². The summed E-state index contributed by atoms with van der Waals surface area (Å²) in [7, 11) is 0. The van der Waals surface area contributed by atoms with Gasteiger partial charge in [0.05, 0.1) is 0 Å². The first-order chi connectivity index (χ1) is 7.72. The minimum absolute atomic E-state index is 0.217. The van der Waals surface area contributed by atoms with Gasteiger partial charge in [0.25, 0.3) is 0 Å². The SMILES string of the molecule is CC(C)c1cccc2ccc(CCO)c-2c1. The fourth-order valence-electron chi connectivity index (χ4n) is 2.05. The van der Waals surface area contributed by atoms with Crippen LogP contribution in [0.4, 0.5) is 0 Å². The Labute approximate surface area is 97.1 Å². The molecule has 0 unspecified atom stereocenters. The molecule has 0 bridgehead atoms. The van der Waals surface area contributed by atoms with Gasteiger partial charge in [-0.2, -0.15) is 0 Å². The Hall–Kier alpha value is -1.34. The summed E-state index contributed by atoms with van der Waals surface area (Å²) < 4.78 is 0. The van der Waals surface area contributed by atoms with Crippen LogP contribution in [0.25, 0.3) is 11.1 Å². The molecule has 0 heterocycles. The van der Waals surface area contributed by atoms with E-state index in [0.717, 1.165) is 6.42 Å². The lowest BCUT2D eigenvalue weighted by Gasteiger charge is -2.04. The lowest BCUT2D eigenvalue weighted by Crippen LogP contribution is -1.90. The van der Waals surface area contributed by atoms with Crippen molar-refractivity contribution in [1.82, 2.24) is 0 Å². The third-order valence-electron chi connectivity index (χ3n) is 3.04. The van der Waals surface area contributed by atoms with Crippen LogP contribution in [0.15, 0.2) is 36.4 Å². The van der Waals surface area contributed by atoms with Crippen LogP contribution in [0.5, 0.6) is 0 Å². The van der Waals surface area contributed by atoms with Gasteiger partial charge in [0, 0.05) is 6.61 Å². The van der Waals surface area contributed by atoms with Crippen LogP contribution >= 0.6 is 0 Å². The second-order valence-corrected chi connectivity index (χ2v) is 4.53. The fraction of sp³-hybridized carbons (Fsp3) is 0.333. The molecule has 0 aromatic carbocycles. The van der Waals surface area contributed by atoms with E-state index in [1.165, 1.54) is 22.3 Å². The Morgan fingerprint density at radius 3 is 2.62 bits per heavy atom. The van der Waals surface area contributed by atoms with E-state index in [1.54, 1.807) is 0 Å². The maximum atomic E-state index is 9.04. The Balaban J connectivity index is 2.52. The molecule has 0 amide bonds. The van der Waals surface area contributed by atoms with E-state index in [0.29, 0.717) is 5.92 Å². The van der Waals surface area contributed by atoms with Crippen molar-refractivity contribution in [2.45, 2.75) is 26.2 Å². The smallest absolute Gasteiger partial charge is 0.0471 e. The van der Waals surface area contributed by atoms with Gasteiger partial charge in [-0.05, 0) is 34.6 Å². The van der Waals surface area contributed by atoms with Crippen molar-refractivity contribution >= 4 is 0 Å². The Kier molecular flexibility index (Phi) is 3.25. The molecule has 0 fully saturated rings. The summed E-state index contributed by atoms with van der Waals surface area (Å²) in [4.78, 5) is 0. The average Bonchev–Trinajstić information content (AvgIpc) is 2.50. The van der Waals surface area contributed by atoms with Crippen molar-refractivity contribution in [2.24, 2.45) is 0 Å². The van der Waals surface area contributed by atoms with Crippen LogP contribution in [-0.2, 0) is 6.42 Å². The van der Waals surface area contributed by atoms with Crippen molar-refractivity contribution < 1.29 is 5.11 Å². The van der Waals surface area contributed by atoms with Crippen molar-refractivity contribution in [1.29, 1.82) is 0 Å². The Morgan fingerprint density at radius 2 is 1.94 bits per heavy atom. The van der Waals surface area contributed by atoms with E-state index < -0.39 is 0 Å². The van der Waals surface area contributed by atoms with Crippen LogP contribution in [0.1, 0.15) is 30.9 Å². The van der Waals surface area contributed by atoms with Crippen LogP contribution in [-0.4, -0.2) is 11.7 Å². The van der Waals surface area contributed by atoms with E-state index in [-0.39, 0.29) is 6.61 Å². The zero-order chi connectivity index (χ0) is 11.5. The minimum Gasteiger partial charge on any atom is -0.396 e. The summed E-state index contributed by atoms with van der Waals surface area (Å²) in [6.45, 7) is 4.63. The van der Waals surface area contributed by atoms with Gasteiger partial charge < -0.3 is 5.11 Å². The molecular formula is C15H18O. The first kappa shape index (κ1) is 11.2. The van der Waals surface area contributed by atoms with Gasteiger partial charge in [-0.15, -0.1) is 0 Å². The van der Waals surface area contributed by atoms with Gasteiger partial charge in [0.15, 0.2) is 0 Å². The maximum Gasteiger partial charge on any atom is 0.0471 e. The molecule has 0 aromatic heterocycles. The second-order valence-electron chi connectivity index (χ2n) is 4.53. The van der Waals surface area contributed by atoms with Crippen LogP contribution in [0.2, 0.25) is 0 Å². The Morgan fingerprint density at radius 1 is 1.12 bits per heavy atom. The summed E-state index contributed by atoms with van der Waals surface area (Å²) >= 11 is 0. The molecule has 0 atom stereocenters. The van der Waals surface area contributed by atoms with E-state index in [2.05, 4.69) is 50.2 Å². The number of hydrogen-bond donors (Lipinski definition) is 1. The largest absolute Gasteiger partial charge is 0.396 e. The zero-order valence-electron chi connectivity index (χ0n) is 9.90. The predicted octanol–water partition coefficient (Wildman–Crippen LogP) is 3.45. The normalized spacial score (nSPS) is 11.2. The van der Waals surface area contributed by atoms with Crippen LogP contribution in [0.3, 0.4) is 0 Å². The highest BCUT2D eigenvalue weighted by molar-refractivity contribution is 5.71. The summed E-state index contributed by atoms with van der Waals surface area (Å²) in [5, 5.41) is 9.04. The molecule has 0 saturated carbocycles. The number of rotatable bonds is 3. The highest BCUT2D eigenvalue weighted by atomic mass is 16.2. The van der Waals surface area contributed by atoms with Crippen LogP contribution in [0, 0.1) is 0 Å². The zero-order valence-corrected chi connectivity index (χ0v) is 9.90. The standard InChI is InChI=1S/C15H18O/c1-11(2)14-5-3-4-12-6-7-13(8-9-16)15(12)10-14/h3-7,10-11,16H,8-9H2,1-2H3.